The lowest BCUT2D eigenvalue weighted by Gasteiger charge is -2.17. The van der Waals surface area contributed by atoms with Gasteiger partial charge in [-0.3, -0.25) is 9.36 Å². The molecule has 9 heteroatoms. The first-order chi connectivity index (χ1) is 14.6. The molecule has 5 aromatic rings. The lowest BCUT2D eigenvalue weighted by atomic mass is 10.2. The van der Waals surface area contributed by atoms with E-state index in [0.717, 1.165) is 28.1 Å². The van der Waals surface area contributed by atoms with E-state index in [1.807, 2.05) is 47.9 Å². The molecule has 5 rings (SSSR count). The number of rotatable bonds is 5. The molecule has 30 heavy (non-hydrogen) atoms. The summed E-state index contributed by atoms with van der Waals surface area (Å²) in [5.74, 6) is 0.923. The van der Waals surface area contributed by atoms with Gasteiger partial charge in [0.05, 0.1) is 23.4 Å². The van der Waals surface area contributed by atoms with E-state index in [4.69, 9.17) is 10.7 Å². The Hall–Kier alpha value is -4.27. The van der Waals surface area contributed by atoms with Gasteiger partial charge < -0.3 is 16.0 Å². The summed E-state index contributed by atoms with van der Waals surface area (Å²) in [7, 11) is 0. The number of hydrogen-bond donors (Lipinski definition) is 3. The van der Waals surface area contributed by atoms with Crippen LogP contribution in [0, 0.1) is 0 Å². The summed E-state index contributed by atoms with van der Waals surface area (Å²) < 4.78 is 2.02. The molecule has 4 N–H and O–H groups in total. The highest BCUT2D eigenvalue weighted by molar-refractivity contribution is 5.96. The lowest BCUT2D eigenvalue weighted by Crippen LogP contribution is -2.14. The molecule has 3 aromatic heterocycles. The molecular formula is C21H18N8O. The third-order valence-corrected chi connectivity index (χ3v) is 4.94. The average Bonchev–Trinajstić information content (AvgIpc) is 3.39. The van der Waals surface area contributed by atoms with Crippen molar-refractivity contribution in [3.05, 3.63) is 72.6 Å². The third kappa shape index (κ3) is 2.93. The molecule has 2 aromatic carbocycles. The Kier molecular flexibility index (Phi) is 4.13. The minimum Gasteiger partial charge on any atom is -0.366 e. The molecule has 0 aliphatic carbocycles. The number of anilines is 1. The van der Waals surface area contributed by atoms with Crippen molar-refractivity contribution in [3.63, 3.8) is 0 Å². The number of carbonyl (C=O) groups excluding carboxylic acids is 1. The van der Waals surface area contributed by atoms with E-state index in [9.17, 15) is 4.79 Å². The maximum absolute atomic E-state index is 11.7. The number of nitrogens with two attached hydrogens (primary N) is 1. The summed E-state index contributed by atoms with van der Waals surface area (Å²) in [6.07, 6.45) is 3.05. The number of aromatic amines is 1. The summed E-state index contributed by atoms with van der Waals surface area (Å²) in [5.41, 5.74) is 9.74. The zero-order valence-electron chi connectivity index (χ0n) is 16.1. The molecular weight excluding hydrogens is 380 g/mol. The minimum absolute atomic E-state index is 0.212. The van der Waals surface area contributed by atoms with Gasteiger partial charge in [-0.25, -0.2) is 19.9 Å². The number of amides is 1. The molecule has 0 fully saturated rings. The number of nitrogens with zero attached hydrogens (tertiary/aromatic N) is 5. The summed E-state index contributed by atoms with van der Waals surface area (Å²) in [5, 5.41) is 3.40. The van der Waals surface area contributed by atoms with Crippen LogP contribution in [0.3, 0.4) is 0 Å². The molecule has 1 atom stereocenters. The normalized spacial score (nSPS) is 12.3. The van der Waals surface area contributed by atoms with E-state index in [-0.39, 0.29) is 6.04 Å². The van der Waals surface area contributed by atoms with E-state index < -0.39 is 5.91 Å². The summed E-state index contributed by atoms with van der Waals surface area (Å²) in [6.45, 7) is 2.00. The van der Waals surface area contributed by atoms with Gasteiger partial charge in [-0.1, -0.05) is 18.2 Å². The number of primary amides is 1. The predicted octanol–water partition coefficient (Wildman–Crippen LogP) is 2.96. The van der Waals surface area contributed by atoms with Crippen LogP contribution in [0.15, 0.2) is 61.2 Å². The van der Waals surface area contributed by atoms with Crippen molar-refractivity contribution >= 4 is 33.9 Å². The van der Waals surface area contributed by atoms with Crippen molar-refractivity contribution in [2.75, 3.05) is 5.32 Å². The smallest absolute Gasteiger partial charge is 0.248 e. The SMILES string of the molecule is CC(Nc1ncnc2nc[nH]c12)c1nc2ccc(C(N)=O)cc2n1-c1ccccc1. The highest BCUT2D eigenvalue weighted by Crippen LogP contribution is 2.28. The minimum atomic E-state index is -0.479. The molecule has 0 bridgehead atoms. The first kappa shape index (κ1) is 17.8. The summed E-state index contributed by atoms with van der Waals surface area (Å²) in [6, 6.07) is 14.9. The molecule has 0 saturated carbocycles. The van der Waals surface area contributed by atoms with Crippen LogP contribution >= 0.6 is 0 Å². The molecule has 148 valence electrons. The van der Waals surface area contributed by atoms with Crippen LogP contribution in [0.5, 0.6) is 0 Å². The van der Waals surface area contributed by atoms with Crippen LogP contribution < -0.4 is 11.1 Å². The van der Waals surface area contributed by atoms with Crippen LogP contribution in [0.4, 0.5) is 5.82 Å². The molecule has 0 radical (unpaired) electrons. The van der Waals surface area contributed by atoms with E-state index in [0.29, 0.717) is 17.0 Å². The standard InChI is InChI=1S/C21H18N8O/c1-12(27-20-17-19(24-10-23-17)25-11-26-20)21-28-15-8-7-13(18(22)30)9-16(15)29(21)14-5-3-2-4-6-14/h2-12H,1H3,(H2,22,30)(H2,23,24,25,26,27). The van der Waals surface area contributed by atoms with Gasteiger partial charge in [-0.2, -0.15) is 0 Å². The molecule has 1 unspecified atom stereocenters. The number of carbonyl (C=O) groups is 1. The Morgan fingerprint density at radius 1 is 1.13 bits per heavy atom. The first-order valence-electron chi connectivity index (χ1n) is 9.40. The van der Waals surface area contributed by atoms with Crippen molar-refractivity contribution in [2.24, 2.45) is 5.73 Å². The van der Waals surface area contributed by atoms with Crippen LogP contribution in [0.1, 0.15) is 29.1 Å². The van der Waals surface area contributed by atoms with Gasteiger partial charge >= 0.3 is 0 Å². The zero-order valence-corrected chi connectivity index (χ0v) is 16.1. The Morgan fingerprint density at radius 2 is 1.97 bits per heavy atom. The molecule has 0 saturated heterocycles. The lowest BCUT2D eigenvalue weighted by molar-refractivity contribution is 0.100. The largest absolute Gasteiger partial charge is 0.366 e. The number of benzene rings is 2. The molecule has 0 spiro atoms. The molecule has 1 amide bonds. The monoisotopic (exact) mass is 398 g/mol. The number of H-pyrrole nitrogens is 1. The number of hydrogen-bond acceptors (Lipinski definition) is 6. The van der Waals surface area contributed by atoms with Crippen molar-refractivity contribution in [1.29, 1.82) is 0 Å². The topological polar surface area (TPSA) is 127 Å². The molecule has 9 nitrogen and oxygen atoms in total. The van der Waals surface area contributed by atoms with Crippen LogP contribution in [0.25, 0.3) is 27.9 Å². The van der Waals surface area contributed by atoms with Crippen LogP contribution in [0.2, 0.25) is 0 Å². The Bertz CT molecular complexity index is 1370. The maximum Gasteiger partial charge on any atom is 0.248 e. The maximum atomic E-state index is 11.7. The van der Waals surface area contributed by atoms with Gasteiger partial charge in [0.25, 0.3) is 0 Å². The van der Waals surface area contributed by atoms with Gasteiger partial charge in [0.2, 0.25) is 5.91 Å². The van der Waals surface area contributed by atoms with Crippen LogP contribution in [-0.2, 0) is 0 Å². The molecule has 0 aliphatic rings. The second kappa shape index (κ2) is 6.96. The van der Waals surface area contributed by atoms with E-state index in [2.05, 4.69) is 25.3 Å². The third-order valence-electron chi connectivity index (χ3n) is 4.94. The zero-order chi connectivity index (χ0) is 20.7. The van der Waals surface area contributed by atoms with E-state index in [1.54, 1.807) is 18.5 Å². The van der Waals surface area contributed by atoms with Crippen molar-refractivity contribution in [1.82, 2.24) is 29.5 Å². The summed E-state index contributed by atoms with van der Waals surface area (Å²) in [4.78, 5) is 32.3. The number of aromatic nitrogens is 6. The van der Waals surface area contributed by atoms with Gasteiger partial charge in [0.15, 0.2) is 11.5 Å². The number of imidazole rings is 2. The summed E-state index contributed by atoms with van der Waals surface area (Å²) >= 11 is 0. The second-order valence-electron chi connectivity index (χ2n) is 6.90. The number of nitrogens with one attached hydrogen (secondary N) is 2. The van der Waals surface area contributed by atoms with Gasteiger partial charge in [0, 0.05) is 11.3 Å². The first-order valence-corrected chi connectivity index (χ1v) is 9.40. The Morgan fingerprint density at radius 3 is 2.77 bits per heavy atom. The quantitative estimate of drug-likeness (QED) is 0.418. The van der Waals surface area contributed by atoms with Gasteiger partial charge in [-0.15, -0.1) is 0 Å². The highest BCUT2D eigenvalue weighted by atomic mass is 16.1. The van der Waals surface area contributed by atoms with Crippen molar-refractivity contribution in [3.8, 4) is 5.69 Å². The van der Waals surface area contributed by atoms with Crippen LogP contribution in [-0.4, -0.2) is 35.4 Å². The fourth-order valence-electron chi connectivity index (χ4n) is 3.53. The highest BCUT2D eigenvalue weighted by Gasteiger charge is 2.20. The van der Waals surface area contributed by atoms with Crippen molar-refractivity contribution in [2.45, 2.75) is 13.0 Å². The Labute approximate surface area is 171 Å². The number of para-hydroxylation sites is 1. The molecule has 3 heterocycles. The predicted molar refractivity (Wildman–Crippen MR) is 113 cm³/mol. The van der Waals surface area contributed by atoms with Gasteiger partial charge in [0.1, 0.15) is 17.7 Å². The Balaban J connectivity index is 1.66. The van der Waals surface area contributed by atoms with E-state index in [1.165, 1.54) is 6.33 Å². The second-order valence-corrected chi connectivity index (χ2v) is 6.90. The van der Waals surface area contributed by atoms with Gasteiger partial charge in [-0.05, 0) is 37.3 Å². The van der Waals surface area contributed by atoms with Crippen molar-refractivity contribution < 1.29 is 4.79 Å². The molecule has 0 aliphatic heterocycles. The number of fused-ring (bicyclic) bond motifs is 2. The average molecular weight is 398 g/mol. The van der Waals surface area contributed by atoms with E-state index >= 15 is 0 Å². The fourth-order valence-corrected chi connectivity index (χ4v) is 3.53. The fraction of sp³-hybridized carbons (Fsp3) is 0.0952.